The number of halogens is 3. The maximum Gasteiger partial charge on any atom is 0.416 e. The van der Waals surface area contributed by atoms with E-state index in [0.29, 0.717) is 43.9 Å². The molecule has 3 heterocycles. The maximum absolute atomic E-state index is 13.5. The number of ether oxygens (including phenoxy) is 1. The summed E-state index contributed by atoms with van der Waals surface area (Å²) in [5.41, 5.74) is 0.836. The molecule has 4 rings (SSSR count). The number of amides is 1. The van der Waals surface area contributed by atoms with Gasteiger partial charge in [0.05, 0.1) is 41.4 Å². The van der Waals surface area contributed by atoms with E-state index in [1.54, 1.807) is 30.1 Å². The smallest absolute Gasteiger partial charge is 0.381 e. The Labute approximate surface area is 212 Å². The van der Waals surface area contributed by atoms with Gasteiger partial charge in [0.1, 0.15) is 0 Å². The average Bonchev–Trinajstić information content (AvgIpc) is 3.27. The number of nitrogens with one attached hydrogen (secondary N) is 2. The molecule has 1 atom stereocenters. The molecule has 37 heavy (non-hydrogen) atoms. The topological polar surface area (TPSA) is 90.2 Å². The van der Waals surface area contributed by atoms with Crippen molar-refractivity contribution in [3.8, 4) is 0 Å². The number of imidazole rings is 1. The Balaban J connectivity index is 1.65. The standard InChI is InChI=1S/C26H30F3N5O3/c1-16-20(5-4-6-22(16)26(27,28)29)17(2)32-25(36)21-14-34(18-7-9-37-10-8-18)24(35)11-23(21)31-13-19-12-30-15-33(19)3/h4-6,11-12,14-15,17-18,31H,7-10,13H2,1-3H3,(H,32,36)/t17-/m1/s1. The Kier molecular flexibility index (Phi) is 7.72. The van der Waals surface area contributed by atoms with Crippen LogP contribution in [0.2, 0.25) is 0 Å². The first-order valence-corrected chi connectivity index (χ1v) is 12.1. The second-order valence-electron chi connectivity index (χ2n) is 9.25. The van der Waals surface area contributed by atoms with Gasteiger partial charge in [0.25, 0.3) is 11.5 Å². The van der Waals surface area contributed by atoms with Gasteiger partial charge in [-0.25, -0.2) is 4.98 Å². The zero-order valence-corrected chi connectivity index (χ0v) is 20.9. The first-order valence-electron chi connectivity index (χ1n) is 12.1. The predicted octanol–water partition coefficient (Wildman–Crippen LogP) is 4.36. The van der Waals surface area contributed by atoms with Crippen molar-refractivity contribution in [2.75, 3.05) is 18.5 Å². The molecule has 0 radical (unpaired) electrons. The van der Waals surface area contributed by atoms with Crippen molar-refractivity contribution in [1.29, 1.82) is 0 Å². The predicted molar refractivity (Wildman–Crippen MR) is 132 cm³/mol. The number of carbonyl (C=O) groups excluding carboxylic acids is 1. The number of carbonyl (C=O) groups is 1. The van der Waals surface area contributed by atoms with Crippen LogP contribution in [0.25, 0.3) is 0 Å². The van der Waals surface area contributed by atoms with Crippen molar-refractivity contribution in [3.63, 3.8) is 0 Å². The second-order valence-corrected chi connectivity index (χ2v) is 9.25. The summed E-state index contributed by atoms with van der Waals surface area (Å²) >= 11 is 0. The number of anilines is 1. The van der Waals surface area contributed by atoms with E-state index >= 15 is 0 Å². The van der Waals surface area contributed by atoms with E-state index in [9.17, 15) is 22.8 Å². The van der Waals surface area contributed by atoms with Crippen molar-refractivity contribution in [2.45, 2.75) is 51.5 Å². The Morgan fingerprint density at radius 1 is 1.27 bits per heavy atom. The molecule has 0 saturated carbocycles. The van der Waals surface area contributed by atoms with Crippen molar-refractivity contribution in [3.05, 3.63) is 81.3 Å². The quantitative estimate of drug-likeness (QED) is 0.486. The number of hydrogen-bond donors (Lipinski definition) is 2. The van der Waals surface area contributed by atoms with Crippen LogP contribution in [0.3, 0.4) is 0 Å². The number of nitrogens with zero attached hydrogens (tertiary/aromatic N) is 3. The molecule has 0 unspecified atom stereocenters. The minimum atomic E-state index is -4.49. The molecule has 8 nitrogen and oxygen atoms in total. The van der Waals surface area contributed by atoms with Gasteiger partial charge in [0.15, 0.2) is 0 Å². The summed E-state index contributed by atoms with van der Waals surface area (Å²) in [6, 6.07) is 4.50. The van der Waals surface area contributed by atoms with Crippen LogP contribution in [0.5, 0.6) is 0 Å². The van der Waals surface area contributed by atoms with E-state index < -0.39 is 23.7 Å². The van der Waals surface area contributed by atoms with Crippen LogP contribution in [-0.4, -0.2) is 33.2 Å². The molecule has 2 aromatic heterocycles. The molecular formula is C26H30F3N5O3. The van der Waals surface area contributed by atoms with Gasteiger partial charge >= 0.3 is 6.18 Å². The van der Waals surface area contributed by atoms with Crippen molar-refractivity contribution in [1.82, 2.24) is 19.4 Å². The largest absolute Gasteiger partial charge is 0.416 e. The Morgan fingerprint density at radius 2 is 2.00 bits per heavy atom. The zero-order valence-electron chi connectivity index (χ0n) is 20.9. The molecule has 3 aromatic rings. The Morgan fingerprint density at radius 3 is 2.65 bits per heavy atom. The molecule has 2 N–H and O–H groups in total. The third-order valence-corrected chi connectivity index (χ3v) is 6.78. The average molecular weight is 518 g/mol. The summed E-state index contributed by atoms with van der Waals surface area (Å²) < 4.78 is 49.0. The first kappa shape index (κ1) is 26.5. The van der Waals surface area contributed by atoms with Gasteiger partial charge in [0, 0.05) is 44.8 Å². The molecule has 1 fully saturated rings. The molecule has 1 aliphatic rings. The fourth-order valence-electron chi connectivity index (χ4n) is 4.65. The number of aryl methyl sites for hydroxylation is 1. The highest BCUT2D eigenvalue weighted by atomic mass is 19.4. The van der Waals surface area contributed by atoms with E-state index in [0.717, 1.165) is 11.8 Å². The summed E-state index contributed by atoms with van der Waals surface area (Å²) in [7, 11) is 1.83. The van der Waals surface area contributed by atoms with Gasteiger partial charge in [-0.15, -0.1) is 0 Å². The number of pyridine rings is 1. The summed E-state index contributed by atoms with van der Waals surface area (Å²) in [5, 5.41) is 5.98. The van der Waals surface area contributed by atoms with E-state index in [4.69, 9.17) is 4.74 Å². The molecule has 1 aliphatic heterocycles. The van der Waals surface area contributed by atoms with Gasteiger partial charge in [0.2, 0.25) is 0 Å². The van der Waals surface area contributed by atoms with Crippen LogP contribution < -0.4 is 16.2 Å². The first-order chi connectivity index (χ1) is 17.6. The minimum Gasteiger partial charge on any atom is -0.381 e. The highest BCUT2D eigenvalue weighted by Crippen LogP contribution is 2.34. The summed E-state index contributed by atoms with van der Waals surface area (Å²) in [5.74, 6) is -0.502. The number of hydrogen-bond acceptors (Lipinski definition) is 5. The van der Waals surface area contributed by atoms with Crippen molar-refractivity contribution >= 4 is 11.6 Å². The van der Waals surface area contributed by atoms with Gasteiger partial charge in [-0.05, 0) is 43.9 Å². The number of aromatic nitrogens is 3. The zero-order chi connectivity index (χ0) is 26.7. The molecule has 11 heteroatoms. The number of alkyl halides is 3. The monoisotopic (exact) mass is 517 g/mol. The van der Waals surface area contributed by atoms with Crippen LogP contribution >= 0.6 is 0 Å². The van der Waals surface area contributed by atoms with E-state index in [1.807, 2.05) is 11.6 Å². The second kappa shape index (κ2) is 10.8. The maximum atomic E-state index is 13.5. The third kappa shape index (κ3) is 5.87. The lowest BCUT2D eigenvalue weighted by atomic mass is 9.97. The van der Waals surface area contributed by atoms with Gasteiger partial charge in [-0.2, -0.15) is 13.2 Å². The SMILES string of the molecule is Cc1c([C@@H](C)NC(=O)c2cn(C3CCOCC3)c(=O)cc2NCc2cncn2C)cccc1C(F)(F)F. The van der Waals surface area contributed by atoms with Gasteiger partial charge in [-0.1, -0.05) is 12.1 Å². The summed E-state index contributed by atoms with van der Waals surface area (Å²) in [4.78, 5) is 30.6. The van der Waals surface area contributed by atoms with Crippen LogP contribution in [0.15, 0.2) is 47.8 Å². The molecule has 1 saturated heterocycles. The van der Waals surface area contributed by atoms with E-state index in [2.05, 4.69) is 15.6 Å². The lowest BCUT2D eigenvalue weighted by Gasteiger charge is -2.26. The number of benzene rings is 1. The third-order valence-electron chi connectivity index (χ3n) is 6.78. The van der Waals surface area contributed by atoms with Crippen LogP contribution in [0.4, 0.5) is 18.9 Å². The highest BCUT2D eigenvalue weighted by Gasteiger charge is 2.33. The normalized spacial score (nSPS) is 15.4. The van der Waals surface area contributed by atoms with Crippen molar-refractivity contribution < 1.29 is 22.7 Å². The van der Waals surface area contributed by atoms with Crippen molar-refractivity contribution in [2.24, 2.45) is 7.05 Å². The lowest BCUT2D eigenvalue weighted by Crippen LogP contribution is -2.33. The van der Waals surface area contributed by atoms with Gasteiger partial charge < -0.3 is 24.5 Å². The summed E-state index contributed by atoms with van der Waals surface area (Å²) in [6.45, 7) is 4.39. The Hall–Kier alpha value is -3.60. The highest BCUT2D eigenvalue weighted by molar-refractivity contribution is 5.99. The molecule has 0 aliphatic carbocycles. The minimum absolute atomic E-state index is 0.0598. The molecule has 1 aromatic carbocycles. The molecule has 198 valence electrons. The van der Waals surface area contributed by atoms with Crippen LogP contribution in [-0.2, 0) is 24.5 Å². The number of rotatable bonds is 7. The fourth-order valence-corrected chi connectivity index (χ4v) is 4.65. The fraction of sp³-hybridized carbons (Fsp3) is 0.423. The summed E-state index contributed by atoms with van der Waals surface area (Å²) in [6.07, 6.45) is 1.64. The molecule has 1 amide bonds. The molecular weight excluding hydrogens is 487 g/mol. The van der Waals surface area contributed by atoms with Crippen LogP contribution in [0, 0.1) is 6.92 Å². The van der Waals surface area contributed by atoms with Gasteiger partial charge in [-0.3, -0.25) is 9.59 Å². The molecule has 0 spiro atoms. The van der Waals surface area contributed by atoms with E-state index in [-0.39, 0.29) is 22.7 Å². The van der Waals surface area contributed by atoms with E-state index in [1.165, 1.54) is 25.3 Å². The Bertz CT molecular complexity index is 1330. The molecule has 0 bridgehead atoms. The van der Waals surface area contributed by atoms with Crippen LogP contribution in [0.1, 0.15) is 64.6 Å². The lowest BCUT2D eigenvalue weighted by molar-refractivity contribution is -0.138.